The maximum atomic E-state index is 13.4. The second kappa shape index (κ2) is 6.26. The van der Waals surface area contributed by atoms with Crippen LogP contribution in [0.15, 0.2) is 18.2 Å². The van der Waals surface area contributed by atoms with Gasteiger partial charge in [0, 0.05) is 11.0 Å². The Morgan fingerprint density at radius 2 is 2.35 bits per heavy atom. The van der Waals surface area contributed by atoms with E-state index in [1.807, 2.05) is 6.07 Å². The molecule has 0 saturated heterocycles. The van der Waals surface area contributed by atoms with E-state index in [1.165, 1.54) is 30.0 Å². The highest BCUT2D eigenvalue weighted by molar-refractivity contribution is 7.99. The van der Waals surface area contributed by atoms with E-state index < -0.39 is 5.97 Å². The lowest BCUT2D eigenvalue weighted by molar-refractivity contribution is -0.136. The summed E-state index contributed by atoms with van der Waals surface area (Å²) in [5, 5.41) is 17.2. The topological polar surface area (TPSA) is 61.1 Å². The van der Waals surface area contributed by atoms with E-state index in [-0.39, 0.29) is 17.5 Å². The summed E-state index contributed by atoms with van der Waals surface area (Å²) in [7, 11) is 0. The molecule has 0 aromatic heterocycles. The van der Waals surface area contributed by atoms with Crippen LogP contribution >= 0.6 is 11.8 Å². The van der Waals surface area contributed by atoms with Gasteiger partial charge in [0.2, 0.25) is 0 Å². The van der Waals surface area contributed by atoms with Gasteiger partial charge in [0.1, 0.15) is 5.82 Å². The average Bonchev–Trinajstić information content (AvgIpc) is 2.27. The number of nitrogens with zero attached hydrogens (tertiary/aromatic N) is 1. The van der Waals surface area contributed by atoms with Crippen molar-refractivity contribution in [3.8, 4) is 6.07 Å². The van der Waals surface area contributed by atoms with Gasteiger partial charge in [-0.15, -0.1) is 0 Å². The first kappa shape index (κ1) is 13.5. The molecule has 0 radical (unpaired) electrons. The van der Waals surface area contributed by atoms with Crippen molar-refractivity contribution in [3.05, 3.63) is 35.1 Å². The van der Waals surface area contributed by atoms with E-state index in [4.69, 9.17) is 10.4 Å². The number of thioether (sulfide) groups is 1. The lowest BCUT2D eigenvalue weighted by atomic mass is 10.1. The number of aliphatic carboxylic acids is 1. The number of benzene rings is 1. The first-order chi connectivity index (χ1) is 8.02. The molecule has 1 aromatic carbocycles. The fourth-order valence-electron chi connectivity index (χ4n) is 1.29. The summed E-state index contributed by atoms with van der Waals surface area (Å²) in [5.74, 6) is -0.856. The summed E-state index contributed by atoms with van der Waals surface area (Å²) in [5.41, 5.74) is 0.846. The van der Waals surface area contributed by atoms with E-state index >= 15 is 0 Å². The Hall–Kier alpha value is -1.54. The molecular formula is C12H12FNO2S. The average molecular weight is 253 g/mol. The molecule has 0 aliphatic carbocycles. The third-order valence-electron chi connectivity index (χ3n) is 2.16. The van der Waals surface area contributed by atoms with Crippen LogP contribution in [0.3, 0.4) is 0 Å². The first-order valence-corrected chi connectivity index (χ1v) is 6.09. The molecule has 0 amide bonds. The van der Waals surface area contributed by atoms with Crippen LogP contribution in [0.1, 0.15) is 24.5 Å². The van der Waals surface area contributed by atoms with Crippen LogP contribution in [0.4, 0.5) is 4.39 Å². The highest BCUT2D eigenvalue weighted by Crippen LogP contribution is 2.22. The van der Waals surface area contributed by atoms with Gasteiger partial charge in [-0.2, -0.15) is 17.0 Å². The molecule has 5 heteroatoms. The Morgan fingerprint density at radius 1 is 1.65 bits per heavy atom. The van der Waals surface area contributed by atoms with Gasteiger partial charge < -0.3 is 5.11 Å². The predicted molar refractivity (Wildman–Crippen MR) is 64.1 cm³/mol. The highest BCUT2D eigenvalue weighted by Gasteiger charge is 2.10. The molecule has 17 heavy (non-hydrogen) atoms. The van der Waals surface area contributed by atoms with Gasteiger partial charge >= 0.3 is 5.97 Å². The highest BCUT2D eigenvalue weighted by atomic mass is 32.2. The summed E-state index contributed by atoms with van der Waals surface area (Å²) in [6, 6.07) is 6.12. The van der Waals surface area contributed by atoms with Crippen molar-refractivity contribution in [2.24, 2.45) is 0 Å². The molecule has 1 atom stereocenters. The monoisotopic (exact) mass is 253 g/mol. The molecule has 0 aliphatic heterocycles. The van der Waals surface area contributed by atoms with Crippen LogP contribution in [0.25, 0.3) is 0 Å². The zero-order chi connectivity index (χ0) is 12.8. The predicted octanol–water partition coefficient (Wildman–Crippen LogP) is 2.79. The van der Waals surface area contributed by atoms with Gasteiger partial charge in [0.05, 0.1) is 18.1 Å². The van der Waals surface area contributed by atoms with Crippen molar-refractivity contribution in [1.29, 1.82) is 5.26 Å². The maximum Gasteiger partial charge on any atom is 0.304 e. The summed E-state index contributed by atoms with van der Waals surface area (Å²) in [6.45, 7) is 1.78. The van der Waals surface area contributed by atoms with Crippen LogP contribution < -0.4 is 0 Å². The number of carbonyl (C=O) groups is 1. The SMILES string of the molecule is CC(CC(=O)O)SCc1cc(C#N)ccc1F. The lowest BCUT2D eigenvalue weighted by Gasteiger charge is -2.09. The Balaban J connectivity index is 2.63. The normalized spacial score (nSPS) is 11.8. The van der Waals surface area contributed by atoms with Gasteiger partial charge in [0.25, 0.3) is 0 Å². The second-order valence-corrected chi connectivity index (χ2v) is 5.06. The minimum Gasteiger partial charge on any atom is -0.481 e. The summed E-state index contributed by atoms with van der Waals surface area (Å²) < 4.78 is 13.4. The van der Waals surface area contributed by atoms with E-state index in [1.54, 1.807) is 6.92 Å². The van der Waals surface area contributed by atoms with Gasteiger partial charge in [-0.05, 0) is 23.8 Å². The van der Waals surface area contributed by atoms with E-state index in [0.29, 0.717) is 16.9 Å². The van der Waals surface area contributed by atoms with Crippen LogP contribution in [-0.4, -0.2) is 16.3 Å². The molecule has 90 valence electrons. The van der Waals surface area contributed by atoms with Crippen LogP contribution in [0.2, 0.25) is 0 Å². The molecule has 1 unspecified atom stereocenters. The Labute approximate surface area is 103 Å². The van der Waals surface area contributed by atoms with Crippen LogP contribution in [0, 0.1) is 17.1 Å². The smallest absolute Gasteiger partial charge is 0.304 e. The number of nitriles is 1. The number of rotatable bonds is 5. The lowest BCUT2D eigenvalue weighted by Crippen LogP contribution is -2.06. The minimum atomic E-state index is -0.865. The first-order valence-electron chi connectivity index (χ1n) is 5.05. The molecule has 1 aromatic rings. The molecular weight excluding hydrogens is 241 g/mol. The van der Waals surface area contributed by atoms with Crippen LogP contribution in [-0.2, 0) is 10.5 Å². The molecule has 0 aliphatic rings. The molecule has 0 spiro atoms. The number of hydrogen-bond acceptors (Lipinski definition) is 3. The largest absolute Gasteiger partial charge is 0.481 e. The van der Waals surface area contributed by atoms with Gasteiger partial charge in [-0.25, -0.2) is 4.39 Å². The number of carboxylic acids is 1. The molecule has 0 bridgehead atoms. The second-order valence-electron chi connectivity index (χ2n) is 3.64. The number of halogens is 1. The molecule has 3 nitrogen and oxygen atoms in total. The van der Waals surface area contributed by atoms with Crippen molar-refractivity contribution in [2.75, 3.05) is 0 Å². The Morgan fingerprint density at radius 3 is 2.94 bits per heavy atom. The maximum absolute atomic E-state index is 13.4. The fourth-order valence-corrected chi connectivity index (χ4v) is 2.24. The van der Waals surface area contributed by atoms with Crippen molar-refractivity contribution in [1.82, 2.24) is 0 Å². The van der Waals surface area contributed by atoms with Crippen molar-refractivity contribution in [3.63, 3.8) is 0 Å². The third-order valence-corrected chi connectivity index (χ3v) is 3.37. The minimum absolute atomic E-state index is 0.0459. The van der Waals surface area contributed by atoms with Crippen molar-refractivity contribution in [2.45, 2.75) is 24.3 Å². The summed E-state index contributed by atoms with van der Waals surface area (Å²) in [6.07, 6.45) is 0.0459. The Kier molecular flexibility index (Phi) is 4.98. The number of carboxylic acid groups (broad SMARTS) is 1. The number of hydrogen-bond donors (Lipinski definition) is 1. The van der Waals surface area contributed by atoms with Gasteiger partial charge in [-0.3, -0.25) is 4.79 Å². The Bertz CT molecular complexity index is 456. The third kappa shape index (κ3) is 4.45. The quantitative estimate of drug-likeness (QED) is 0.876. The van der Waals surface area contributed by atoms with E-state index in [2.05, 4.69) is 0 Å². The summed E-state index contributed by atoms with van der Waals surface area (Å²) in [4.78, 5) is 10.5. The zero-order valence-electron chi connectivity index (χ0n) is 9.31. The van der Waals surface area contributed by atoms with Crippen LogP contribution in [0.5, 0.6) is 0 Å². The fraction of sp³-hybridized carbons (Fsp3) is 0.333. The molecule has 0 fully saturated rings. The van der Waals surface area contributed by atoms with Crippen molar-refractivity contribution < 1.29 is 14.3 Å². The van der Waals surface area contributed by atoms with Gasteiger partial charge in [-0.1, -0.05) is 6.92 Å². The van der Waals surface area contributed by atoms with E-state index in [9.17, 15) is 9.18 Å². The zero-order valence-corrected chi connectivity index (χ0v) is 10.1. The van der Waals surface area contributed by atoms with Crippen molar-refractivity contribution >= 4 is 17.7 Å². The molecule has 0 saturated carbocycles. The molecule has 1 N–H and O–H groups in total. The standard InChI is InChI=1S/C12H12FNO2S/c1-8(4-12(15)16)17-7-10-5-9(6-14)2-3-11(10)13/h2-3,5,8H,4,7H2,1H3,(H,15,16). The van der Waals surface area contributed by atoms with E-state index in [0.717, 1.165) is 0 Å². The van der Waals surface area contributed by atoms with Gasteiger partial charge in [0.15, 0.2) is 0 Å². The summed E-state index contributed by atoms with van der Waals surface area (Å²) >= 11 is 1.36. The molecule has 0 heterocycles. The molecule has 1 rings (SSSR count).